The molecule has 5 heteroatoms. The van der Waals surface area contributed by atoms with Crippen LogP contribution >= 0.6 is 22.6 Å². The fourth-order valence-corrected chi connectivity index (χ4v) is 2.11. The van der Waals surface area contributed by atoms with Crippen molar-refractivity contribution in [1.82, 2.24) is 4.98 Å². The third-order valence-electron chi connectivity index (χ3n) is 2.67. The molecule has 2 rings (SSSR count). The average Bonchev–Trinajstić information content (AvgIpc) is 2.33. The Labute approximate surface area is 112 Å². The van der Waals surface area contributed by atoms with Gasteiger partial charge in [0.1, 0.15) is 5.56 Å². The normalized spacial score (nSPS) is 10.5. The number of halogens is 1. The molecule has 0 fully saturated rings. The molecular weight excluding hydrogens is 331 g/mol. The number of pyridine rings is 1. The van der Waals surface area contributed by atoms with E-state index in [1.807, 2.05) is 19.1 Å². The zero-order chi connectivity index (χ0) is 12.6. The Morgan fingerprint density at radius 3 is 2.82 bits per heavy atom. The van der Waals surface area contributed by atoms with Crippen molar-refractivity contribution in [2.75, 3.05) is 12.8 Å². The molecule has 0 aliphatic heterocycles. The molecule has 1 heterocycles. The number of methoxy groups -OCH3 is 1. The van der Waals surface area contributed by atoms with E-state index in [0.29, 0.717) is 11.3 Å². The summed E-state index contributed by atoms with van der Waals surface area (Å²) in [7, 11) is 1.32. The number of aryl methyl sites for hydroxylation is 1. The van der Waals surface area contributed by atoms with Gasteiger partial charge in [0.25, 0.3) is 0 Å². The van der Waals surface area contributed by atoms with Crippen LogP contribution in [0, 0.1) is 10.5 Å². The first-order valence-electron chi connectivity index (χ1n) is 4.98. The molecule has 0 atom stereocenters. The highest BCUT2D eigenvalue weighted by atomic mass is 127. The number of rotatable bonds is 1. The van der Waals surface area contributed by atoms with E-state index in [1.165, 1.54) is 13.3 Å². The van der Waals surface area contributed by atoms with E-state index in [9.17, 15) is 4.79 Å². The number of anilines is 1. The van der Waals surface area contributed by atoms with Gasteiger partial charge in [-0.3, -0.25) is 4.98 Å². The molecule has 0 spiro atoms. The summed E-state index contributed by atoms with van der Waals surface area (Å²) >= 11 is 2.24. The fraction of sp³-hybridized carbons (Fsp3) is 0.167. The zero-order valence-corrected chi connectivity index (χ0v) is 11.6. The van der Waals surface area contributed by atoms with Gasteiger partial charge in [-0.2, -0.15) is 0 Å². The molecule has 0 unspecified atom stereocenters. The Hall–Kier alpha value is -1.37. The van der Waals surface area contributed by atoms with Crippen LogP contribution in [0.15, 0.2) is 18.3 Å². The molecule has 0 aliphatic rings. The quantitative estimate of drug-likeness (QED) is 0.639. The van der Waals surface area contributed by atoms with Crippen LogP contribution in [-0.4, -0.2) is 18.1 Å². The molecule has 1 aromatic carbocycles. The molecule has 2 N–H and O–H groups in total. The van der Waals surface area contributed by atoms with Gasteiger partial charge in [-0.15, -0.1) is 0 Å². The van der Waals surface area contributed by atoms with Crippen molar-refractivity contribution >= 4 is 45.2 Å². The van der Waals surface area contributed by atoms with Crippen molar-refractivity contribution in [1.29, 1.82) is 0 Å². The van der Waals surface area contributed by atoms with Crippen LogP contribution in [0.25, 0.3) is 10.9 Å². The van der Waals surface area contributed by atoms with Crippen molar-refractivity contribution in [3.8, 4) is 0 Å². The first-order valence-corrected chi connectivity index (χ1v) is 6.05. The van der Waals surface area contributed by atoms with E-state index in [1.54, 1.807) is 0 Å². The molecule has 0 aliphatic carbocycles. The van der Waals surface area contributed by atoms with Gasteiger partial charge >= 0.3 is 5.97 Å². The summed E-state index contributed by atoms with van der Waals surface area (Å²) < 4.78 is 5.78. The number of ether oxygens (including phenoxy) is 1. The van der Waals surface area contributed by atoms with Crippen LogP contribution in [0.4, 0.5) is 5.69 Å². The lowest BCUT2D eigenvalue weighted by Gasteiger charge is -2.09. The Morgan fingerprint density at radius 2 is 2.18 bits per heavy atom. The van der Waals surface area contributed by atoms with Crippen LogP contribution in [0.1, 0.15) is 15.9 Å². The molecule has 0 saturated heterocycles. The second kappa shape index (κ2) is 4.48. The summed E-state index contributed by atoms with van der Waals surface area (Å²) in [5, 5.41) is 0.783. The molecule has 0 radical (unpaired) electrons. The SMILES string of the molecule is COC(=O)c1cnc2c(C)c(I)ccc2c1N. The molecule has 1 aromatic heterocycles. The zero-order valence-electron chi connectivity index (χ0n) is 9.45. The van der Waals surface area contributed by atoms with Crippen LogP contribution < -0.4 is 5.73 Å². The van der Waals surface area contributed by atoms with Gasteiger partial charge in [0.05, 0.1) is 18.3 Å². The number of carbonyl (C=O) groups is 1. The summed E-state index contributed by atoms with van der Waals surface area (Å²) in [5.41, 5.74) is 8.58. The van der Waals surface area contributed by atoms with E-state index >= 15 is 0 Å². The van der Waals surface area contributed by atoms with Crippen molar-refractivity contribution < 1.29 is 9.53 Å². The van der Waals surface area contributed by atoms with Crippen LogP contribution in [0.3, 0.4) is 0 Å². The maximum atomic E-state index is 11.5. The van der Waals surface area contributed by atoms with Crippen molar-refractivity contribution in [2.24, 2.45) is 0 Å². The predicted octanol–water partition coefficient (Wildman–Crippen LogP) is 2.52. The first-order chi connectivity index (χ1) is 8.06. The molecule has 0 saturated carbocycles. The highest BCUT2D eigenvalue weighted by Gasteiger charge is 2.14. The van der Waals surface area contributed by atoms with Gasteiger partial charge < -0.3 is 10.5 Å². The number of carbonyl (C=O) groups excluding carboxylic acids is 1. The molecule has 0 bridgehead atoms. The lowest BCUT2D eigenvalue weighted by atomic mass is 10.1. The Balaban J connectivity index is 2.77. The van der Waals surface area contributed by atoms with Crippen LogP contribution in [0.2, 0.25) is 0 Å². The van der Waals surface area contributed by atoms with Gasteiger partial charge in [-0.1, -0.05) is 0 Å². The highest BCUT2D eigenvalue weighted by Crippen LogP contribution is 2.28. The van der Waals surface area contributed by atoms with E-state index in [2.05, 4.69) is 32.3 Å². The molecule has 17 heavy (non-hydrogen) atoms. The monoisotopic (exact) mass is 342 g/mol. The Morgan fingerprint density at radius 1 is 1.47 bits per heavy atom. The van der Waals surface area contributed by atoms with Gasteiger partial charge in [0.2, 0.25) is 0 Å². The molecule has 4 nitrogen and oxygen atoms in total. The number of hydrogen-bond acceptors (Lipinski definition) is 4. The molecular formula is C12H11IN2O2. The largest absolute Gasteiger partial charge is 0.465 e. The number of nitrogens with two attached hydrogens (primary N) is 1. The Kier molecular flexibility index (Phi) is 3.19. The summed E-state index contributed by atoms with van der Waals surface area (Å²) in [6.07, 6.45) is 1.46. The number of esters is 1. The van der Waals surface area contributed by atoms with Gasteiger partial charge in [0, 0.05) is 15.2 Å². The number of nitrogens with zero attached hydrogens (tertiary/aromatic N) is 1. The number of benzene rings is 1. The van der Waals surface area contributed by atoms with Crippen LogP contribution in [-0.2, 0) is 4.74 Å². The van der Waals surface area contributed by atoms with E-state index in [0.717, 1.165) is 20.0 Å². The summed E-state index contributed by atoms with van der Waals surface area (Å²) in [5.74, 6) is -0.465. The minimum Gasteiger partial charge on any atom is -0.465 e. The highest BCUT2D eigenvalue weighted by molar-refractivity contribution is 14.1. The van der Waals surface area contributed by atoms with Crippen molar-refractivity contribution in [3.05, 3.63) is 33.0 Å². The van der Waals surface area contributed by atoms with E-state index < -0.39 is 5.97 Å². The number of hydrogen-bond donors (Lipinski definition) is 1. The molecule has 0 amide bonds. The maximum absolute atomic E-state index is 11.5. The maximum Gasteiger partial charge on any atom is 0.341 e. The van der Waals surface area contributed by atoms with E-state index in [4.69, 9.17) is 5.73 Å². The smallest absolute Gasteiger partial charge is 0.341 e. The topological polar surface area (TPSA) is 65.2 Å². The number of fused-ring (bicyclic) bond motifs is 1. The van der Waals surface area contributed by atoms with Gasteiger partial charge in [-0.05, 0) is 47.2 Å². The second-order valence-corrected chi connectivity index (χ2v) is 4.81. The minimum absolute atomic E-state index is 0.306. The predicted molar refractivity (Wildman–Crippen MR) is 74.9 cm³/mol. The van der Waals surface area contributed by atoms with Crippen molar-refractivity contribution in [3.63, 3.8) is 0 Å². The van der Waals surface area contributed by atoms with Gasteiger partial charge in [-0.25, -0.2) is 4.79 Å². The molecule has 88 valence electrons. The first kappa shape index (κ1) is 12.1. The second-order valence-electron chi connectivity index (χ2n) is 3.65. The standard InChI is InChI=1S/C12H11IN2O2/c1-6-9(13)4-3-7-10(14)8(12(16)17-2)5-15-11(6)7/h3-5H,1-2H3,(H2,14,15). The lowest BCUT2D eigenvalue weighted by Crippen LogP contribution is -2.07. The summed E-state index contributed by atoms with van der Waals surface area (Å²) in [4.78, 5) is 15.8. The van der Waals surface area contributed by atoms with Crippen molar-refractivity contribution in [2.45, 2.75) is 6.92 Å². The minimum atomic E-state index is -0.465. The fourth-order valence-electron chi connectivity index (χ4n) is 1.68. The molecule has 2 aromatic rings. The number of aromatic nitrogens is 1. The van der Waals surface area contributed by atoms with E-state index in [-0.39, 0.29) is 0 Å². The third-order valence-corrected chi connectivity index (χ3v) is 3.84. The lowest BCUT2D eigenvalue weighted by molar-refractivity contribution is 0.0601. The third kappa shape index (κ3) is 1.95. The van der Waals surface area contributed by atoms with Gasteiger partial charge in [0.15, 0.2) is 0 Å². The number of nitrogen functional groups attached to an aromatic ring is 1. The van der Waals surface area contributed by atoms with Crippen LogP contribution in [0.5, 0.6) is 0 Å². The average molecular weight is 342 g/mol. The Bertz CT molecular complexity index is 611. The summed E-state index contributed by atoms with van der Waals surface area (Å²) in [6.45, 7) is 1.98. The summed E-state index contributed by atoms with van der Waals surface area (Å²) in [6, 6.07) is 3.83.